The average Bonchev–Trinajstić information content (AvgIpc) is 3.11. The maximum Gasteiger partial charge on any atom is 0.451 e. The van der Waals surface area contributed by atoms with Gasteiger partial charge in [-0.25, -0.2) is 0 Å². The number of aromatic nitrogens is 3. The van der Waals surface area contributed by atoms with Crippen LogP contribution in [0.4, 0.5) is 13.2 Å². The molecule has 2 aliphatic rings. The van der Waals surface area contributed by atoms with Gasteiger partial charge in [-0.3, -0.25) is 0 Å². The molecule has 1 atom stereocenters. The molecule has 8 heteroatoms. The number of nitrogens with zero attached hydrogens (tertiary/aromatic N) is 3. The van der Waals surface area contributed by atoms with E-state index in [2.05, 4.69) is 16.3 Å². The van der Waals surface area contributed by atoms with Crippen LogP contribution in [0.1, 0.15) is 62.2 Å². The molecule has 1 aromatic carbocycles. The maximum atomic E-state index is 13.3. The zero-order chi connectivity index (χ0) is 22.1. The summed E-state index contributed by atoms with van der Waals surface area (Å²) in [6.45, 7) is 0.999. The van der Waals surface area contributed by atoms with Crippen molar-refractivity contribution in [2.24, 2.45) is 23.0 Å². The van der Waals surface area contributed by atoms with Crippen molar-refractivity contribution in [3.63, 3.8) is 0 Å². The molecule has 31 heavy (non-hydrogen) atoms. The van der Waals surface area contributed by atoms with Crippen molar-refractivity contribution in [3.8, 4) is 0 Å². The second kappa shape index (κ2) is 9.10. The van der Waals surface area contributed by atoms with E-state index in [9.17, 15) is 13.2 Å². The zero-order valence-electron chi connectivity index (χ0n) is 17.7. The summed E-state index contributed by atoms with van der Waals surface area (Å²) in [7, 11) is 0. The van der Waals surface area contributed by atoms with Gasteiger partial charge in [0.1, 0.15) is 5.82 Å². The average molecular weight is 455 g/mol. The largest absolute Gasteiger partial charge is 0.451 e. The molecule has 2 N–H and O–H groups in total. The monoisotopic (exact) mass is 454 g/mol. The van der Waals surface area contributed by atoms with E-state index in [0.717, 1.165) is 56.4 Å². The van der Waals surface area contributed by atoms with Gasteiger partial charge in [0.2, 0.25) is 5.82 Å². The quantitative estimate of drug-likeness (QED) is 0.647. The number of halogens is 4. The Morgan fingerprint density at radius 2 is 1.84 bits per heavy atom. The first-order valence-corrected chi connectivity index (χ1v) is 11.6. The van der Waals surface area contributed by atoms with E-state index in [1.54, 1.807) is 0 Å². The molecule has 4 rings (SSSR count). The highest BCUT2D eigenvalue weighted by Crippen LogP contribution is 2.45. The number of hydrogen-bond donors (Lipinski definition) is 1. The summed E-state index contributed by atoms with van der Waals surface area (Å²) < 4.78 is 41.1. The van der Waals surface area contributed by atoms with E-state index < -0.39 is 12.0 Å². The Kier molecular flexibility index (Phi) is 6.63. The van der Waals surface area contributed by atoms with Gasteiger partial charge in [-0.05, 0) is 92.9 Å². The fourth-order valence-electron chi connectivity index (χ4n) is 5.65. The van der Waals surface area contributed by atoms with Crippen molar-refractivity contribution in [2.75, 3.05) is 6.54 Å². The van der Waals surface area contributed by atoms with E-state index in [-0.39, 0.29) is 5.41 Å². The molecule has 0 spiro atoms. The molecule has 2 aromatic rings. The first-order valence-electron chi connectivity index (χ1n) is 11.2. The molecule has 1 aromatic heterocycles. The first-order chi connectivity index (χ1) is 14.8. The van der Waals surface area contributed by atoms with Crippen LogP contribution in [-0.4, -0.2) is 21.3 Å². The first kappa shape index (κ1) is 22.6. The van der Waals surface area contributed by atoms with Crippen LogP contribution < -0.4 is 5.73 Å². The Labute approximate surface area is 186 Å². The molecule has 0 bridgehead atoms. The van der Waals surface area contributed by atoms with Crippen LogP contribution in [0.25, 0.3) is 0 Å². The van der Waals surface area contributed by atoms with Gasteiger partial charge in [0.05, 0.1) is 0 Å². The van der Waals surface area contributed by atoms with Crippen molar-refractivity contribution in [3.05, 3.63) is 46.5 Å². The van der Waals surface area contributed by atoms with Gasteiger partial charge in [0.25, 0.3) is 0 Å². The highest BCUT2D eigenvalue weighted by molar-refractivity contribution is 6.30. The number of hydrogen-bond acceptors (Lipinski definition) is 3. The number of benzene rings is 1. The van der Waals surface area contributed by atoms with E-state index in [4.69, 9.17) is 17.3 Å². The van der Waals surface area contributed by atoms with Crippen molar-refractivity contribution >= 4 is 11.6 Å². The Hall–Kier alpha value is -1.60. The molecule has 0 radical (unpaired) electrons. The third-order valence-corrected chi connectivity index (χ3v) is 7.67. The number of alkyl halides is 3. The lowest BCUT2D eigenvalue weighted by atomic mass is 9.64. The van der Waals surface area contributed by atoms with Crippen LogP contribution in [0.15, 0.2) is 24.3 Å². The lowest BCUT2D eigenvalue weighted by Gasteiger charge is -2.42. The smallest absolute Gasteiger partial charge is 0.330 e. The van der Waals surface area contributed by atoms with Gasteiger partial charge in [-0.1, -0.05) is 23.7 Å². The van der Waals surface area contributed by atoms with E-state index >= 15 is 0 Å². The molecule has 1 saturated carbocycles. The predicted molar refractivity (Wildman–Crippen MR) is 115 cm³/mol. The maximum absolute atomic E-state index is 13.3. The van der Waals surface area contributed by atoms with E-state index in [1.165, 1.54) is 10.1 Å². The standard InChI is InChI=1S/C23H30ClF3N4/c24-19-5-1-3-16(13-19)14-22(15-28)10-7-18(8-11-22)17-4-2-6-20-29-30-21(23(25,26)27)31(20)12-9-17/h1,3,5,13,17-18H,2,4,6-12,14-15,28H2. The van der Waals surface area contributed by atoms with Crippen molar-refractivity contribution in [2.45, 2.75) is 70.5 Å². The summed E-state index contributed by atoms with van der Waals surface area (Å²) in [6.07, 6.45) is 3.99. The van der Waals surface area contributed by atoms with Crippen LogP contribution in [0.5, 0.6) is 0 Å². The van der Waals surface area contributed by atoms with Crippen molar-refractivity contribution in [1.29, 1.82) is 0 Å². The molecule has 170 valence electrons. The van der Waals surface area contributed by atoms with Crippen molar-refractivity contribution in [1.82, 2.24) is 14.8 Å². The Bertz CT molecular complexity index is 887. The van der Waals surface area contributed by atoms with E-state index in [1.807, 2.05) is 18.2 Å². The van der Waals surface area contributed by atoms with Crippen LogP contribution in [0.2, 0.25) is 5.02 Å². The van der Waals surface area contributed by atoms with Gasteiger partial charge in [0.15, 0.2) is 0 Å². The summed E-state index contributed by atoms with van der Waals surface area (Å²) >= 11 is 6.16. The second-order valence-corrected chi connectivity index (χ2v) is 9.81. The Balaban J connectivity index is 1.40. The Morgan fingerprint density at radius 3 is 2.52 bits per heavy atom. The molecular formula is C23H30ClF3N4. The molecule has 1 aliphatic heterocycles. The number of fused-ring (bicyclic) bond motifs is 1. The van der Waals surface area contributed by atoms with Gasteiger partial charge in [-0.2, -0.15) is 13.2 Å². The molecule has 1 fully saturated rings. The fourth-order valence-corrected chi connectivity index (χ4v) is 5.87. The van der Waals surface area contributed by atoms with E-state index in [0.29, 0.717) is 37.2 Å². The lowest BCUT2D eigenvalue weighted by molar-refractivity contribution is -0.147. The highest BCUT2D eigenvalue weighted by Gasteiger charge is 2.40. The molecule has 2 heterocycles. The minimum atomic E-state index is -4.45. The third-order valence-electron chi connectivity index (χ3n) is 7.44. The summed E-state index contributed by atoms with van der Waals surface area (Å²) in [6, 6.07) is 8.00. The van der Waals surface area contributed by atoms with Gasteiger partial charge in [-0.15, -0.1) is 10.2 Å². The van der Waals surface area contributed by atoms with Crippen LogP contribution in [0, 0.1) is 17.3 Å². The summed E-state index contributed by atoms with van der Waals surface area (Å²) in [4.78, 5) is 0. The van der Waals surface area contributed by atoms with Crippen LogP contribution in [0.3, 0.4) is 0 Å². The van der Waals surface area contributed by atoms with Gasteiger partial charge in [0, 0.05) is 18.0 Å². The van der Waals surface area contributed by atoms with Crippen molar-refractivity contribution < 1.29 is 13.2 Å². The lowest BCUT2D eigenvalue weighted by Crippen LogP contribution is -2.38. The Morgan fingerprint density at radius 1 is 1.10 bits per heavy atom. The zero-order valence-corrected chi connectivity index (χ0v) is 18.4. The molecule has 4 nitrogen and oxygen atoms in total. The van der Waals surface area contributed by atoms with Crippen LogP contribution >= 0.6 is 11.6 Å². The molecule has 1 unspecified atom stereocenters. The van der Waals surface area contributed by atoms with Crippen LogP contribution in [-0.2, 0) is 25.6 Å². The highest BCUT2D eigenvalue weighted by atomic mass is 35.5. The summed E-state index contributed by atoms with van der Waals surface area (Å²) in [5.41, 5.74) is 7.55. The number of aryl methyl sites for hydroxylation is 1. The normalized spacial score (nSPS) is 27.4. The SMILES string of the molecule is NCC1(Cc2cccc(Cl)c2)CCC(C2CCCc3nnc(C(F)(F)F)n3CC2)CC1. The fraction of sp³-hybridized carbons (Fsp3) is 0.652. The summed E-state index contributed by atoms with van der Waals surface area (Å²) in [5.74, 6) is 0.610. The predicted octanol–water partition coefficient (Wildman–Crippen LogP) is 5.67. The molecule has 1 aliphatic carbocycles. The van der Waals surface area contributed by atoms with Gasteiger partial charge < -0.3 is 10.3 Å². The molecule has 0 saturated heterocycles. The number of rotatable bonds is 4. The number of nitrogens with two attached hydrogens (primary N) is 1. The topological polar surface area (TPSA) is 56.7 Å². The molecular weight excluding hydrogens is 425 g/mol. The minimum Gasteiger partial charge on any atom is -0.330 e. The third kappa shape index (κ3) is 5.08. The van der Waals surface area contributed by atoms with Gasteiger partial charge >= 0.3 is 6.18 Å². The second-order valence-electron chi connectivity index (χ2n) is 9.38. The minimum absolute atomic E-state index is 0.0910. The molecule has 0 amide bonds. The summed E-state index contributed by atoms with van der Waals surface area (Å²) in [5, 5.41) is 7.99.